The first-order valence-electron chi connectivity index (χ1n) is 6.53. The molecule has 0 saturated carbocycles. The molecule has 6 heteroatoms. The predicted molar refractivity (Wildman–Crippen MR) is 75.4 cm³/mol. The topological polar surface area (TPSA) is 84.7 Å². The van der Waals surface area contributed by atoms with Gasteiger partial charge in [0.1, 0.15) is 0 Å². The molecule has 0 unspecified atom stereocenters. The van der Waals surface area contributed by atoms with Gasteiger partial charge in [0.2, 0.25) is 11.8 Å². The molecule has 1 aromatic rings. The number of nitrogens with two attached hydrogens (primary N) is 1. The minimum atomic E-state index is -0.481. The van der Waals surface area contributed by atoms with E-state index in [4.69, 9.17) is 10.5 Å². The van der Waals surface area contributed by atoms with Crippen molar-refractivity contribution in [3.63, 3.8) is 0 Å². The van der Waals surface area contributed by atoms with Crippen LogP contribution in [0.4, 0.5) is 5.69 Å². The van der Waals surface area contributed by atoms with E-state index in [1.165, 1.54) is 0 Å². The van der Waals surface area contributed by atoms with Crippen LogP contribution in [0.1, 0.15) is 16.8 Å². The Morgan fingerprint density at radius 2 is 2.10 bits per heavy atom. The number of methoxy groups -OCH3 is 1. The number of carbonyl (C=O) groups is 2. The van der Waals surface area contributed by atoms with Crippen LogP contribution >= 0.6 is 0 Å². The first kappa shape index (κ1) is 14.5. The summed E-state index contributed by atoms with van der Waals surface area (Å²) in [5.74, 6) is -0.556. The second-order valence-electron chi connectivity index (χ2n) is 4.87. The third kappa shape index (κ3) is 3.79. The van der Waals surface area contributed by atoms with E-state index < -0.39 is 5.91 Å². The Morgan fingerprint density at radius 1 is 1.40 bits per heavy atom. The van der Waals surface area contributed by atoms with Crippen molar-refractivity contribution in [1.82, 2.24) is 4.90 Å². The first-order valence-corrected chi connectivity index (χ1v) is 6.53. The highest BCUT2D eigenvalue weighted by Crippen LogP contribution is 2.12. The van der Waals surface area contributed by atoms with E-state index in [1.807, 2.05) is 0 Å². The maximum atomic E-state index is 11.9. The van der Waals surface area contributed by atoms with Crippen molar-refractivity contribution >= 4 is 17.5 Å². The molecule has 108 valence electrons. The van der Waals surface area contributed by atoms with Gasteiger partial charge in [-0.2, -0.15) is 0 Å². The standard InChI is InChI=1S/C14H19N3O3/c1-20-12-6-7-17(8-12)9-13(18)16-11-4-2-10(3-5-11)14(15)19/h2-5,12H,6-9H2,1H3,(H2,15,19)(H,16,18)/t12-/m0/s1. The minimum absolute atomic E-state index is 0.0754. The summed E-state index contributed by atoms with van der Waals surface area (Å²) in [6, 6.07) is 6.52. The molecule has 1 saturated heterocycles. The Balaban J connectivity index is 1.84. The predicted octanol–water partition coefficient (Wildman–Crippen LogP) is 0.445. The van der Waals surface area contributed by atoms with Crippen LogP contribution < -0.4 is 11.1 Å². The Bertz CT molecular complexity index is 487. The number of benzene rings is 1. The van der Waals surface area contributed by atoms with E-state index in [9.17, 15) is 9.59 Å². The van der Waals surface area contributed by atoms with Gasteiger partial charge in [0.25, 0.3) is 0 Å². The van der Waals surface area contributed by atoms with Gasteiger partial charge in [-0.3, -0.25) is 14.5 Å². The summed E-state index contributed by atoms with van der Waals surface area (Å²) in [5.41, 5.74) is 6.23. The van der Waals surface area contributed by atoms with E-state index in [2.05, 4.69) is 10.2 Å². The molecule has 20 heavy (non-hydrogen) atoms. The summed E-state index contributed by atoms with van der Waals surface area (Å²) < 4.78 is 5.26. The largest absolute Gasteiger partial charge is 0.380 e. The Labute approximate surface area is 117 Å². The lowest BCUT2D eigenvalue weighted by Crippen LogP contribution is -2.32. The molecule has 0 bridgehead atoms. The number of hydrogen-bond donors (Lipinski definition) is 2. The van der Waals surface area contributed by atoms with Crippen molar-refractivity contribution < 1.29 is 14.3 Å². The van der Waals surface area contributed by atoms with Gasteiger partial charge in [0.15, 0.2) is 0 Å². The van der Waals surface area contributed by atoms with E-state index >= 15 is 0 Å². The first-order chi connectivity index (χ1) is 9.58. The number of likely N-dealkylation sites (tertiary alicyclic amines) is 1. The average Bonchev–Trinajstić information content (AvgIpc) is 2.86. The third-order valence-corrected chi connectivity index (χ3v) is 3.38. The summed E-state index contributed by atoms with van der Waals surface area (Å²) in [5, 5.41) is 2.79. The fourth-order valence-electron chi connectivity index (χ4n) is 2.25. The van der Waals surface area contributed by atoms with Gasteiger partial charge >= 0.3 is 0 Å². The quantitative estimate of drug-likeness (QED) is 0.818. The Morgan fingerprint density at radius 3 is 2.65 bits per heavy atom. The Hall–Kier alpha value is -1.92. The van der Waals surface area contributed by atoms with Crippen molar-refractivity contribution in [3.05, 3.63) is 29.8 Å². The molecule has 0 aromatic heterocycles. The van der Waals surface area contributed by atoms with Gasteiger partial charge in [-0.1, -0.05) is 0 Å². The summed E-state index contributed by atoms with van der Waals surface area (Å²) in [4.78, 5) is 24.9. The molecule has 3 N–H and O–H groups in total. The maximum absolute atomic E-state index is 11.9. The molecular formula is C14H19N3O3. The molecule has 6 nitrogen and oxygen atoms in total. The number of amides is 2. The normalized spacial score (nSPS) is 18.9. The molecule has 1 aromatic carbocycles. The van der Waals surface area contributed by atoms with E-state index in [0.717, 1.165) is 19.5 Å². The number of anilines is 1. The highest BCUT2D eigenvalue weighted by molar-refractivity contribution is 5.95. The number of rotatable bonds is 5. The van der Waals surface area contributed by atoms with Crippen LogP contribution in [0, 0.1) is 0 Å². The van der Waals surface area contributed by atoms with Crippen LogP contribution in [0.3, 0.4) is 0 Å². The Kier molecular flexibility index (Phi) is 4.70. The summed E-state index contributed by atoms with van der Waals surface area (Å²) in [6.45, 7) is 1.99. The SMILES string of the molecule is CO[C@H]1CCN(CC(=O)Nc2ccc(C(N)=O)cc2)C1. The average molecular weight is 277 g/mol. The molecule has 1 atom stereocenters. The van der Waals surface area contributed by atoms with Crippen LogP contribution in [0.15, 0.2) is 24.3 Å². The molecule has 0 aliphatic carbocycles. The zero-order chi connectivity index (χ0) is 14.5. The van der Waals surface area contributed by atoms with Gasteiger partial charge in [-0.25, -0.2) is 0 Å². The molecule has 1 heterocycles. The molecule has 2 amide bonds. The van der Waals surface area contributed by atoms with Crippen molar-refractivity contribution in [1.29, 1.82) is 0 Å². The van der Waals surface area contributed by atoms with Crippen molar-refractivity contribution in [3.8, 4) is 0 Å². The summed E-state index contributed by atoms with van der Waals surface area (Å²) >= 11 is 0. The van der Waals surface area contributed by atoms with Crippen molar-refractivity contribution in [2.45, 2.75) is 12.5 Å². The molecule has 0 radical (unpaired) electrons. The van der Waals surface area contributed by atoms with Gasteiger partial charge in [-0.05, 0) is 30.7 Å². The second-order valence-corrected chi connectivity index (χ2v) is 4.87. The number of nitrogens with zero attached hydrogens (tertiary/aromatic N) is 1. The van der Waals surface area contributed by atoms with Crippen molar-refractivity contribution in [2.75, 3.05) is 32.1 Å². The lowest BCUT2D eigenvalue weighted by molar-refractivity contribution is -0.117. The van der Waals surface area contributed by atoms with Crippen LogP contribution in [-0.2, 0) is 9.53 Å². The molecule has 1 fully saturated rings. The van der Waals surface area contributed by atoms with Crippen LogP contribution in [0.2, 0.25) is 0 Å². The number of carbonyl (C=O) groups excluding carboxylic acids is 2. The fourth-order valence-corrected chi connectivity index (χ4v) is 2.25. The third-order valence-electron chi connectivity index (χ3n) is 3.38. The van der Waals surface area contributed by atoms with Crippen LogP contribution in [0.25, 0.3) is 0 Å². The lowest BCUT2D eigenvalue weighted by atomic mass is 10.2. The van der Waals surface area contributed by atoms with E-state index in [0.29, 0.717) is 17.8 Å². The minimum Gasteiger partial charge on any atom is -0.380 e. The zero-order valence-electron chi connectivity index (χ0n) is 11.5. The van der Waals surface area contributed by atoms with Crippen molar-refractivity contribution in [2.24, 2.45) is 5.73 Å². The van der Waals surface area contributed by atoms with E-state index in [-0.39, 0.29) is 12.0 Å². The number of hydrogen-bond acceptors (Lipinski definition) is 4. The second kappa shape index (κ2) is 6.49. The highest BCUT2D eigenvalue weighted by Gasteiger charge is 2.23. The molecule has 1 aliphatic heterocycles. The maximum Gasteiger partial charge on any atom is 0.248 e. The fraction of sp³-hybridized carbons (Fsp3) is 0.429. The highest BCUT2D eigenvalue weighted by atomic mass is 16.5. The number of primary amides is 1. The molecule has 0 spiro atoms. The smallest absolute Gasteiger partial charge is 0.248 e. The van der Waals surface area contributed by atoms with Gasteiger partial charge in [0.05, 0.1) is 12.6 Å². The van der Waals surface area contributed by atoms with Gasteiger partial charge in [-0.15, -0.1) is 0 Å². The number of nitrogens with one attached hydrogen (secondary N) is 1. The van der Waals surface area contributed by atoms with E-state index in [1.54, 1.807) is 31.4 Å². The summed E-state index contributed by atoms with van der Waals surface area (Å²) in [6.07, 6.45) is 1.18. The zero-order valence-corrected chi connectivity index (χ0v) is 11.5. The monoisotopic (exact) mass is 277 g/mol. The lowest BCUT2D eigenvalue weighted by Gasteiger charge is -2.15. The molecular weight excluding hydrogens is 258 g/mol. The summed E-state index contributed by atoms with van der Waals surface area (Å²) in [7, 11) is 1.69. The molecule has 1 aliphatic rings. The van der Waals surface area contributed by atoms with Gasteiger partial charge < -0.3 is 15.8 Å². The van der Waals surface area contributed by atoms with Crippen LogP contribution in [0.5, 0.6) is 0 Å². The van der Waals surface area contributed by atoms with Crippen LogP contribution in [-0.4, -0.2) is 49.6 Å². The number of ether oxygens (including phenoxy) is 1. The van der Waals surface area contributed by atoms with Gasteiger partial charge in [0, 0.05) is 31.5 Å². The molecule has 2 rings (SSSR count).